The Morgan fingerprint density at radius 2 is 0.643 bits per heavy atom. The van der Waals surface area contributed by atoms with Crippen LogP contribution in [-0.2, 0) is 0 Å². The van der Waals surface area contributed by atoms with Gasteiger partial charge in [0.2, 0.25) is 0 Å². The highest BCUT2D eigenvalue weighted by molar-refractivity contribution is 5.19. The van der Waals surface area contributed by atoms with E-state index in [9.17, 15) is 0 Å². The molecule has 1 aliphatic rings. The zero-order valence-corrected chi connectivity index (χ0v) is 8.34. The maximum atomic E-state index is 2.18. The van der Waals surface area contributed by atoms with E-state index in [1.165, 1.54) is 0 Å². The third-order valence-electron chi connectivity index (χ3n) is 1.77. The first-order chi connectivity index (χ1) is 7.00. The standard InChI is InChI=1S/C14H16/c1-2-4-6-8-10-12-14-13-11-9-7-5-3-1/h1-12H,13-14H2/b3-1-,4-2+,7-5+,8-6-,11-9?,12-10?. The zero-order valence-electron chi connectivity index (χ0n) is 8.34. The van der Waals surface area contributed by atoms with E-state index in [2.05, 4.69) is 36.5 Å². The summed E-state index contributed by atoms with van der Waals surface area (Å²) in [6.07, 6.45) is 27.0. The third-order valence-corrected chi connectivity index (χ3v) is 1.77. The fourth-order valence-corrected chi connectivity index (χ4v) is 1.06. The van der Waals surface area contributed by atoms with Crippen LogP contribution in [0.1, 0.15) is 12.8 Å². The van der Waals surface area contributed by atoms with Crippen LogP contribution >= 0.6 is 0 Å². The van der Waals surface area contributed by atoms with Gasteiger partial charge in [-0.2, -0.15) is 0 Å². The Morgan fingerprint density at radius 3 is 1.00 bits per heavy atom. The summed E-state index contributed by atoms with van der Waals surface area (Å²) in [4.78, 5) is 0. The summed E-state index contributed by atoms with van der Waals surface area (Å²) in [5.74, 6) is 0. The highest BCUT2D eigenvalue weighted by Gasteiger charge is 1.74. The molecule has 0 amide bonds. The summed E-state index contributed by atoms with van der Waals surface area (Å²) in [5.41, 5.74) is 0. The largest absolute Gasteiger partial charge is 0.0842 e. The highest BCUT2D eigenvalue weighted by Crippen LogP contribution is 1.94. The number of hydrogen-bond acceptors (Lipinski definition) is 0. The summed E-state index contributed by atoms with van der Waals surface area (Å²) in [6, 6.07) is 0. The summed E-state index contributed by atoms with van der Waals surface area (Å²) < 4.78 is 0. The molecule has 14 heavy (non-hydrogen) atoms. The Morgan fingerprint density at radius 1 is 0.357 bits per heavy atom. The SMILES string of the molecule is C1=CCCC=C/C=C/C=C\C=C\C=C/1. The first-order valence-corrected chi connectivity index (χ1v) is 4.98. The molecule has 0 aromatic heterocycles. The Kier molecular flexibility index (Phi) is 6.05. The van der Waals surface area contributed by atoms with Crippen molar-refractivity contribution in [3.8, 4) is 0 Å². The molecule has 0 aromatic carbocycles. The second-order valence-corrected chi connectivity index (χ2v) is 2.97. The molecule has 0 heterocycles. The molecule has 72 valence electrons. The Labute approximate surface area is 86.3 Å². The van der Waals surface area contributed by atoms with E-state index >= 15 is 0 Å². The van der Waals surface area contributed by atoms with Crippen molar-refractivity contribution < 1.29 is 0 Å². The van der Waals surface area contributed by atoms with Crippen molar-refractivity contribution in [1.82, 2.24) is 0 Å². The van der Waals surface area contributed by atoms with Gasteiger partial charge in [0.05, 0.1) is 0 Å². The Hall–Kier alpha value is -1.56. The minimum Gasteiger partial charge on any atom is -0.0842 e. The van der Waals surface area contributed by atoms with Crippen molar-refractivity contribution in [2.75, 3.05) is 0 Å². The van der Waals surface area contributed by atoms with Crippen molar-refractivity contribution in [3.05, 3.63) is 72.9 Å². The molecule has 0 fully saturated rings. The van der Waals surface area contributed by atoms with Gasteiger partial charge in [0.15, 0.2) is 0 Å². The van der Waals surface area contributed by atoms with Crippen LogP contribution in [0.5, 0.6) is 0 Å². The summed E-state index contributed by atoms with van der Waals surface area (Å²) >= 11 is 0. The molecule has 0 atom stereocenters. The molecule has 0 spiro atoms. The van der Waals surface area contributed by atoms with Gasteiger partial charge >= 0.3 is 0 Å². The molecule has 0 N–H and O–H groups in total. The lowest BCUT2D eigenvalue weighted by Crippen LogP contribution is -1.63. The van der Waals surface area contributed by atoms with Crippen LogP contribution < -0.4 is 0 Å². The zero-order chi connectivity index (χ0) is 9.90. The van der Waals surface area contributed by atoms with Gasteiger partial charge in [-0.15, -0.1) is 0 Å². The van der Waals surface area contributed by atoms with E-state index in [-0.39, 0.29) is 0 Å². The fourth-order valence-electron chi connectivity index (χ4n) is 1.06. The number of rotatable bonds is 0. The Balaban J connectivity index is 2.56. The first kappa shape index (κ1) is 10.5. The van der Waals surface area contributed by atoms with Crippen LogP contribution in [-0.4, -0.2) is 0 Å². The lowest BCUT2D eigenvalue weighted by atomic mass is 10.2. The van der Waals surface area contributed by atoms with Crippen LogP contribution in [0.25, 0.3) is 0 Å². The van der Waals surface area contributed by atoms with Crippen molar-refractivity contribution in [3.63, 3.8) is 0 Å². The number of hydrogen-bond donors (Lipinski definition) is 0. The van der Waals surface area contributed by atoms with E-state index in [0.29, 0.717) is 0 Å². The highest BCUT2D eigenvalue weighted by atomic mass is 13.8. The molecule has 1 rings (SSSR count). The fraction of sp³-hybridized carbons (Fsp3) is 0.143. The van der Waals surface area contributed by atoms with Crippen molar-refractivity contribution in [2.45, 2.75) is 12.8 Å². The van der Waals surface area contributed by atoms with Gasteiger partial charge in [0, 0.05) is 0 Å². The van der Waals surface area contributed by atoms with Gasteiger partial charge in [0.25, 0.3) is 0 Å². The molecule has 0 saturated heterocycles. The van der Waals surface area contributed by atoms with Gasteiger partial charge in [-0.25, -0.2) is 0 Å². The molecule has 1 aliphatic carbocycles. The average Bonchev–Trinajstić information content (AvgIpc) is 2.22. The molecule has 0 radical (unpaired) electrons. The van der Waals surface area contributed by atoms with Crippen LogP contribution in [0.3, 0.4) is 0 Å². The monoisotopic (exact) mass is 184 g/mol. The predicted molar refractivity (Wildman–Crippen MR) is 64.1 cm³/mol. The molecule has 0 aromatic rings. The van der Waals surface area contributed by atoms with Gasteiger partial charge in [-0.3, -0.25) is 0 Å². The van der Waals surface area contributed by atoms with Gasteiger partial charge in [-0.05, 0) is 12.8 Å². The maximum absolute atomic E-state index is 2.18. The molecule has 0 unspecified atom stereocenters. The molecule has 0 saturated carbocycles. The van der Waals surface area contributed by atoms with Gasteiger partial charge in [-0.1, -0.05) is 72.9 Å². The topological polar surface area (TPSA) is 0 Å². The van der Waals surface area contributed by atoms with Crippen molar-refractivity contribution in [1.29, 1.82) is 0 Å². The van der Waals surface area contributed by atoms with Crippen LogP contribution in [0, 0.1) is 0 Å². The van der Waals surface area contributed by atoms with Crippen LogP contribution in [0.2, 0.25) is 0 Å². The Bertz CT molecular complexity index is 264. The van der Waals surface area contributed by atoms with Gasteiger partial charge < -0.3 is 0 Å². The van der Waals surface area contributed by atoms with Crippen molar-refractivity contribution in [2.24, 2.45) is 0 Å². The lowest BCUT2D eigenvalue weighted by molar-refractivity contribution is 1.05. The maximum Gasteiger partial charge on any atom is -0.0313 e. The molecule has 0 heteroatoms. The minimum atomic E-state index is 1.11. The van der Waals surface area contributed by atoms with Crippen LogP contribution in [0.4, 0.5) is 0 Å². The molecular formula is C14H16. The second kappa shape index (κ2) is 8.06. The average molecular weight is 184 g/mol. The quantitative estimate of drug-likeness (QED) is 0.531. The normalized spacial score (nSPS) is 26.3. The summed E-state index contributed by atoms with van der Waals surface area (Å²) in [6.45, 7) is 0. The van der Waals surface area contributed by atoms with Crippen molar-refractivity contribution >= 4 is 0 Å². The molecular weight excluding hydrogens is 168 g/mol. The van der Waals surface area contributed by atoms with Crippen LogP contribution in [0.15, 0.2) is 72.9 Å². The number of allylic oxidation sites excluding steroid dienone is 12. The first-order valence-electron chi connectivity index (χ1n) is 4.98. The lowest BCUT2D eigenvalue weighted by Gasteiger charge is -1.84. The smallest absolute Gasteiger partial charge is 0.0313 e. The van der Waals surface area contributed by atoms with E-state index in [0.717, 1.165) is 12.8 Å². The summed E-state index contributed by atoms with van der Waals surface area (Å²) in [5, 5.41) is 0. The van der Waals surface area contributed by atoms with Gasteiger partial charge in [0.1, 0.15) is 0 Å². The van der Waals surface area contributed by atoms with E-state index in [1.54, 1.807) is 0 Å². The molecule has 0 bridgehead atoms. The molecule has 0 aliphatic heterocycles. The minimum absolute atomic E-state index is 1.11. The van der Waals surface area contributed by atoms with E-state index < -0.39 is 0 Å². The predicted octanol–water partition coefficient (Wildman–Crippen LogP) is 4.12. The van der Waals surface area contributed by atoms with E-state index in [1.807, 2.05) is 36.5 Å². The third kappa shape index (κ3) is 6.01. The molecule has 0 nitrogen and oxygen atoms in total. The van der Waals surface area contributed by atoms with E-state index in [4.69, 9.17) is 0 Å². The summed E-state index contributed by atoms with van der Waals surface area (Å²) in [7, 11) is 0. The second-order valence-electron chi connectivity index (χ2n) is 2.97.